The summed E-state index contributed by atoms with van der Waals surface area (Å²) in [4.78, 5) is 28.0. The summed E-state index contributed by atoms with van der Waals surface area (Å²) in [6.07, 6.45) is 3.13. The molecule has 3 aromatic carbocycles. The Morgan fingerprint density at radius 1 is 0.825 bits per heavy atom. The Labute approximate surface area is 235 Å². The van der Waals surface area contributed by atoms with Crippen molar-refractivity contribution in [3.63, 3.8) is 0 Å². The zero-order valence-corrected chi connectivity index (χ0v) is 23.0. The van der Waals surface area contributed by atoms with Crippen LogP contribution in [0.25, 0.3) is 0 Å². The zero-order valence-electron chi connectivity index (χ0n) is 23.0. The van der Waals surface area contributed by atoms with Crippen molar-refractivity contribution < 1.29 is 28.9 Å². The van der Waals surface area contributed by atoms with Gasteiger partial charge in [0.25, 0.3) is 0 Å². The highest BCUT2D eigenvalue weighted by molar-refractivity contribution is 5.86. The topological polar surface area (TPSA) is 94.1 Å². The predicted molar refractivity (Wildman–Crippen MR) is 151 cm³/mol. The molecule has 4 atom stereocenters. The molecule has 0 bridgehead atoms. The molecule has 210 valence electrons. The van der Waals surface area contributed by atoms with Crippen LogP contribution in [0, 0.1) is 17.3 Å². The summed E-state index contributed by atoms with van der Waals surface area (Å²) in [5.74, 6) is -1.04. The molecule has 2 aliphatic carbocycles. The quantitative estimate of drug-likeness (QED) is 0.297. The summed E-state index contributed by atoms with van der Waals surface area (Å²) in [5.41, 5.74) is 1.01. The SMILES string of the molecule is COc1ccc(OC(=O)C2C(c3ccc(OC)cc3)C(C(=O)NCc3ccccc3)C(O)C23CCCCC3)cc1. The number of aliphatic hydroxyl groups excluding tert-OH is 1. The monoisotopic (exact) mass is 543 g/mol. The van der Waals surface area contributed by atoms with E-state index in [-0.39, 0.29) is 5.91 Å². The molecule has 0 saturated heterocycles. The second kappa shape index (κ2) is 12.1. The average Bonchev–Trinajstić information content (AvgIpc) is 3.24. The van der Waals surface area contributed by atoms with Crippen molar-refractivity contribution in [3.8, 4) is 17.2 Å². The van der Waals surface area contributed by atoms with E-state index >= 15 is 0 Å². The first-order chi connectivity index (χ1) is 19.5. The molecule has 2 N–H and O–H groups in total. The predicted octanol–water partition coefficient (Wildman–Crippen LogP) is 5.27. The maximum Gasteiger partial charge on any atom is 0.315 e. The van der Waals surface area contributed by atoms with E-state index in [1.165, 1.54) is 0 Å². The minimum atomic E-state index is -0.996. The van der Waals surface area contributed by atoms with Gasteiger partial charge in [-0.15, -0.1) is 0 Å². The lowest BCUT2D eigenvalue weighted by Gasteiger charge is -2.41. The van der Waals surface area contributed by atoms with Crippen molar-refractivity contribution in [2.24, 2.45) is 17.3 Å². The van der Waals surface area contributed by atoms with Crippen LogP contribution in [0.15, 0.2) is 78.9 Å². The summed E-state index contributed by atoms with van der Waals surface area (Å²) in [6.45, 7) is 0.339. The van der Waals surface area contributed by atoms with Gasteiger partial charge in [-0.2, -0.15) is 0 Å². The smallest absolute Gasteiger partial charge is 0.315 e. The average molecular weight is 544 g/mol. The number of benzene rings is 3. The van der Waals surface area contributed by atoms with Gasteiger partial charge in [-0.25, -0.2) is 0 Å². The number of rotatable bonds is 8. The molecule has 1 spiro atoms. The number of hydrogen-bond acceptors (Lipinski definition) is 6. The molecule has 3 aromatic rings. The number of methoxy groups -OCH3 is 2. The third kappa shape index (κ3) is 5.43. The van der Waals surface area contributed by atoms with Crippen LogP contribution in [0.2, 0.25) is 0 Å². The Bertz CT molecular complexity index is 1280. The molecule has 2 fully saturated rings. The largest absolute Gasteiger partial charge is 0.497 e. The van der Waals surface area contributed by atoms with Crippen LogP contribution >= 0.6 is 0 Å². The number of nitrogens with one attached hydrogen (secondary N) is 1. The van der Waals surface area contributed by atoms with E-state index in [9.17, 15) is 14.7 Å². The fourth-order valence-electron chi connectivity index (χ4n) is 6.76. The zero-order chi connectivity index (χ0) is 28.1. The fourth-order valence-corrected chi connectivity index (χ4v) is 6.76. The minimum Gasteiger partial charge on any atom is -0.497 e. The van der Waals surface area contributed by atoms with Crippen molar-refractivity contribution in [3.05, 3.63) is 90.0 Å². The van der Waals surface area contributed by atoms with E-state index in [0.29, 0.717) is 36.6 Å². The highest BCUT2D eigenvalue weighted by atomic mass is 16.5. The molecule has 4 unspecified atom stereocenters. The fraction of sp³-hybridized carbons (Fsp3) is 0.394. The number of amides is 1. The molecule has 5 rings (SSSR count). The van der Waals surface area contributed by atoms with E-state index in [2.05, 4.69) is 5.32 Å². The molecule has 7 heteroatoms. The third-order valence-corrected chi connectivity index (χ3v) is 8.72. The Hall–Kier alpha value is -3.84. The van der Waals surface area contributed by atoms with Crippen molar-refractivity contribution in [1.82, 2.24) is 5.32 Å². The van der Waals surface area contributed by atoms with Gasteiger partial charge in [0.2, 0.25) is 5.91 Å². The van der Waals surface area contributed by atoms with Crippen LogP contribution in [0.4, 0.5) is 0 Å². The van der Waals surface area contributed by atoms with Gasteiger partial charge in [-0.1, -0.05) is 61.7 Å². The lowest BCUT2D eigenvalue weighted by Crippen LogP contribution is -2.45. The molecule has 0 heterocycles. The third-order valence-electron chi connectivity index (χ3n) is 8.72. The van der Waals surface area contributed by atoms with Crippen LogP contribution in [0.3, 0.4) is 0 Å². The first-order valence-corrected chi connectivity index (χ1v) is 14.0. The molecular weight excluding hydrogens is 506 g/mol. The maximum atomic E-state index is 14.1. The standard InChI is InChI=1S/C33H37NO6/c1-38-24-13-11-23(12-14-24)27-28(31(36)34-21-22-9-5-3-6-10-22)30(35)33(19-7-4-8-20-33)29(27)32(37)40-26-17-15-25(39-2)16-18-26/h3,5-6,9-18,27-30,35H,4,7-8,19-21H2,1-2H3,(H,34,36). The summed E-state index contributed by atoms with van der Waals surface area (Å²) < 4.78 is 16.6. The van der Waals surface area contributed by atoms with E-state index in [0.717, 1.165) is 30.4 Å². The van der Waals surface area contributed by atoms with E-state index < -0.39 is 35.2 Å². The molecule has 0 radical (unpaired) electrons. The summed E-state index contributed by atoms with van der Waals surface area (Å²) in [6, 6.07) is 24.0. The Morgan fingerprint density at radius 3 is 2.00 bits per heavy atom. The lowest BCUT2D eigenvalue weighted by atomic mass is 9.64. The van der Waals surface area contributed by atoms with Gasteiger partial charge >= 0.3 is 5.97 Å². The Balaban J connectivity index is 1.53. The number of aliphatic hydroxyl groups is 1. The summed E-state index contributed by atoms with van der Waals surface area (Å²) in [5, 5.41) is 15.1. The van der Waals surface area contributed by atoms with Crippen LogP contribution in [-0.2, 0) is 16.1 Å². The highest BCUT2D eigenvalue weighted by Crippen LogP contribution is 2.61. The van der Waals surface area contributed by atoms with Crippen LogP contribution in [0.1, 0.15) is 49.1 Å². The van der Waals surface area contributed by atoms with Gasteiger partial charge in [0, 0.05) is 17.9 Å². The van der Waals surface area contributed by atoms with Crippen molar-refractivity contribution in [1.29, 1.82) is 0 Å². The van der Waals surface area contributed by atoms with Gasteiger partial charge in [-0.05, 0) is 60.4 Å². The van der Waals surface area contributed by atoms with Crippen LogP contribution < -0.4 is 19.5 Å². The first-order valence-electron chi connectivity index (χ1n) is 14.0. The van der Waals surface area contributed by atoms with E-state index in [1.807, 2.05) is 54.6 Å². The molecule has 2 aliphatic rings. The molecule has 7 nitrogen and oxygen atoms in total. The number of esters is 1. The van der Waals surface area contributed by atoms with Crippen molar-refractivity contribution in [2.45, 2.75) is 50.7 Å². The van der Waals surface area contributed by atoms with Crippen LogP contribution in [-0.4, -0.2) is 37.3 Å². The number of ether oxygens (including phenoxy) is 3. The molecule has 1 amide bonds. The summed E-state index contributed by atoms with van der Waals surface area (Å²) >= 11 is 0. The van der Waals surface area contributed by atoms with Gasteiger partial charge in [0.05, 0.1) is 32.2 Å². The van der Waals surface area contributed by atoms with E-state index in [1.54, 1.807) is 38.5 Å². The molecule has 0 aliphatic heterocycles. The molecular formula is C33H37NO6. The van der Waals surface area contributed by atoms with Crippen molar-refractivity contribution in [2.75, 3.05) is 14.2 Å². The molecule has 40 heavy (non-hydrogen) atoms. The van der Waals surface area contributed by atoms with Gasteiger partial charge in [0.1, 0.15) is 17.2 Å². The number of carbonyl (C=O) groups excluding carboxylic acids is 2. The van der Waals surface area contributed by atoms with E-state index in [4.69, 9.17) is 14.2 Å². The molecule has 0 aromatic heterocycles. The number of carbonyl (C=O) groups is 2. The minimum absolute atomic E-state index is 0.262. The Kier molecular flexibility index (Phi) is 8.40. The normalized spacial score (nSPS) is 23.4. The summed E-state index contributed by atoms with van der Waals surface area (Å²) in [7, 11) is 3.18. The second-order valence-corrected chi connectivity index (χ2v) is 10.8. The molecule has 2 saturated carbocycles. The highest BCUT2D eigenvalue weighted by Gasteiger charge is 2.65. The van der Waals surface area contributed by atoms with Gasteiger partial charge in [0.15, 0.2) is 0 Å². The second-order valence-electron chi connectivity index (χ2n) is 10.8. The van der Waals surface area contributed by atoms with Gasteiger partial charge < -0.3 is 24.6 Å². The van der Waals surface area contributed by atoms with Crippen molar-refractivity contribution >= 4 is 11.9 Å². The van der Waals surface area contributed by atoms with Gasteiger partial charge in [-0.3, -0.25) is 9.59 Å². The Morgan fingerprint density at radius 2 is 1.40 bits per heavy atom. The lowest BCUT2D eigenvalue weighted by molar-refractivity contribution is -0.147. The van der Waals surface area contributed by atoms with Crippen LogP contribution in [0.5, 0.6) is 17.2 Å². The maximum absolute atomic E-state index is 14.1. The number of hydrogen-bond donors (Lipinski definition) is 2. The first kappa shape index (κ1) is 27.7.